The number of benzene rings is 1. The topological polar surface area (TPSA) is 92.1 Å². The van der Waals surface area contributed by atoms with Crippen LogP contribution in [0.5, 0.6) is 0 Å². The van der Waals surface area contributed by atoms with E-state index in [0.717, 1.165) is 37.2 Å². The minimum absolute atomic E-state index is 0.0442. The molecule has 0 spiro atoms. The van der Waals surface area contributed by atoms with E-state index in [0.29, 0.717) is 31.2 Å². The minimum Gasteiger partial charge on any atom is -0.401 e. The van der Waals surface area contributed by atoms with Crippen LogP contribution in [0.3, 0.4) is 0 Å². The number of nitrogens with two attached hydrogens (primary N) is 1. The Morgan fingerprint density at radius 1 is 1.34 bits per heavy atom. The van der Waals surface area contributed by atoms with Crippen LogP contribution in [-0.2, 0) is 14.3 Å². The molecule has 5 atom stereocenters. The van der Waals surface area contributed by atoms with Crippen molar-refractivity contribution in [1.82, 2.24) is 15.5 Å². The molecule has 1 aromatic rings. The van der Waals surface area contributed by atoms with Gasteiger partial charge in [-0.2, -0.15) is 0 Å². The first kappa shape index (κ1) is 27.4. The Bertz CT molecular complexity index is 827. The molecule has 0 aliphatic carbocycles. The normalized spacial score (nSPS) is 25.5. The summed E-state index contributed by atoms with van der Waals surface area (Å²) in [6.07, 6.45) is 4.46. The molecule has 0 aromatic heterocycles. The van der Waals surface area contributed by atoms with Crippen LogP contribution in [0, 0.1) is 0 Å². The summed E-state index contributed by atoms with van der Waals surface area (Å²) < 4.78 is 25.5. The monoisotopic (exact) mass is 491 g/mol. The molecule has 0 radical (unpaired) electrons. The average molecular weight is 492 g/mol. The first-order valence-corrected chi connectivity index (χ1v) is 12.6. The lowest BCUT2D eigenvalue weighted by Crippen LogP contribution is -2.48. The van der Waals surface area contributed by atoms with Gasteiger partial charge in [-0.25, -0.2) is 4.39 Å². The summed E-state index contributed by atoms with van der Waals surface area (Å²) >= 11 is 0. The number of alkyl halides is 1. The number of carbonyl (C=O) groups excluding carboxylic acids is 1. The van der Waals surface area contributed by atoms with Gasteiger partial charge < -0.3 is 35.6 Å². The van der Waals surface area contributed by atoms with E-state index in [2.05, 4.69) is 36.4 Å². The molecule has 2 aliphatic heterocycles. The first-order chi connectivity index (χ1) is 16.8. The van der Waals surface area contributed by atoms with Crippen molar-refractivity contribution in [3.8, 4) is 0 Å². The van der Waals surface area contributed by atoms with Crippen molar-refractivity contribution in [3.63, 3.8) is 0 Å². The number of carbonyl (C=O) groups is 1. The summed E-state index contributed by atoms with van der Waals surface area (Å²) in [6, 6.07) is 7.45. The maximum Gasteiger partial charge on any atom is 0.240 e. The number of piperazine rings is 1. The fourth-order valence-electron chi connectivity index (χ4n) is 4.97. The number of halogens is 1. The molecular weight excluding hydrogens is 449 g/mol. The molecule has 3 rings (SSSR count). The highest BCUT2D eigenvalue weighted by Gasteiger charge is 2.27. The average Bonchev–Trinajstić information content (AvgIpc) is 2.85. The van der Waals surface area contributed by atoms with Crippen LogP contribution in [0.4, 0.5) is 10.1 Å². The lowest BCUT2D eigenvalue weighted by atomic mass is 9.98. The smallest absolute Gasteiger partial charge is 0.240 e. The minimum atomic E-state index is -0.613. The summed E-state index contributed by atoms with van der Waals surface area (Å²) in [6.45, 7) is 6.19. The van der Waals surface area contributed by atoms with Gasteiger partial charge in [0.1, 0.15) is 12.8 Å². The Morgan fingerprint density at radius 2 is 2.03 bits per heavy atom. The second-order valence-corrected chi connectivity index (χ2v) is 9.73. The number of methoxy groups -OCH3 is 1. The van der Waals surface area contributed by atoms with E-state index in [1.807, 2.05) is 24.3 Å². The molecule has 4 N–H and O–H groups in total. The van der Waals surface area contributed by atoms with Crippen molar-refractivity contribution in [2.45, 2.75) is 63.5 Å². The van der Waals surface area contributed by atoms with Gasteiger partial charge in [0.25, 0.3) is 0 Å². The number of hydrogen-bond acceptors (Lipinski definition) is 7. The van der Waals surface area contributed by atoms with Gasteiger partial charge in [-0.3, -0.25) is 4.79 Å². The zero-order chi connectivity index (χ0) is 25.4. The summed E-state index contributed by atoms with van der Waals surface area (Å²) in [4.78, 5) is 16.2. The van der Waals surface area contributed by atoms with Crippen molar-refractivity contribution in [2.75, 3.05) is 51.9 Å². The van der Waals surface area contributed by atoms with E-state index in [9.17, 15) is 9.18 Å². The quantitative estimate of drug-likeness (QED) is 0.438. The molecule has 2 heterocycles. The fraction of sp³-hybridized carbons (Fsp3) is 0.654. The van der Waals surface area contributed by atoms with Crippen LogP contribution >= 0.6 is 0 Å². The van der Waals surface area contributed by atoms with Gasteiger partial charge in [0.2, 0.25) is 5.91 Å². The second-order valence-electron chi connectivity index (χ2n) is 9.73. The number of nitrogens with zero attached hydrogens (tertiary/aromatic N) is 2. The van der Waals surface area contributed by atoms with Gasteiger partial charge in [0.15, 0.2) is 0 Å². The van der Waals surface area contributed by atoms with E-state index < -0.39 is 18.8 Å². The molecule has 1 aromatic carbocycles. The maximum atomic E-state index is 14.0. The Kier molecular flexibility index (Phi) is 10.3. The number of ether oxygens (including phenoxy) is 2. The van der Waals surface area contributed by atoms with Gasteiger partial charge >= 0.3 is 0 Å². The SMILES string of the molecule is COC(c1ccc(N2CCNCC2=O)cc1)[C@@H](CF)N/C=C(\N)CCN(C)C1C[C@@H](C)O[C@@H](C)C1. The van der Waals surface area contributed by atoms with Crippen molar-refractivity contribution >= 4 is 11.6 Å². The van der Waals surface area contributed by atoms with Crippen LogP contribution in [-0.4, -0.2) is 82.1 Å². The zero-order valence-electron chi connectivity index (χ0n) is 21.5. The molecule has 9 heteroatoms. The van der Waals surface area contributed by atoms with E-state index in [-0.39, 0.29) is 18.1 Å². The molecule has 0 saturated carbocycles. The maximum absolute atomic E-state index is 14.0. The lowest BCUT2D eigenvalue weighted by Gasteiger charge is -2.37. The van der Waals surface area contributed by atoms with Gasteiger partial charge in [0, 0.05) is 56.8 Å². The van der Waals surface area contributed by atoms with E-state index in [4.69, 9.17) is 15.2 Å². The predicted molar refractivity (Wildman–Crippen MR) is 137 cm³/mol. The number of hydrogen-bond donors (Lipinski definition) is 3. The highest BCUT2D eigenvalue weighted by molar-refractivity contribution is 5.95. The molecule has 35 heavy (non-hydrogen) atoms. The van der Waals surface area contributed by atoms with Crippen molar-refractivity contribution < 1.29 is 18.7 Å². The standard InChI is InChI=1S/C26H42FN5O3/c1-18-13-23(14-19(2)35-18)31(3)11-9-21(28)16-30-24(15-27)26(34-4)20-5-7-22(8-6-20)32-12-10-29-17-25(32)33/h5-8,16,18-19,23-24,26,29-30H,9-15,17,28H2,1-4H3/b21-16-/t18-,19+,23?,24-,26?/m1/s1. The van der Waals surface area contributed by atoms with Gasteiger partial charge in [-0.15, -0.1) is 0 Å². The van der Waals surface area contributed by atoms with E-state index >= 15 is 0 Å². The molecule has 2 unspecified atom stereocenters. The highest BCUT2D eigenvalue weighted by Crippen LogP contribution is 2.26. The summed E-state index contributed by atoms with van der Waals surface area (Å²) in [5.74, 6) is 0.0442. The summed E-state index contributed by atoms with van der Waals surface area (Å²) in [5, 5.41) is 6.19. The van der Waals surface area contributed by atoms with Gasteiger partial charge in [0.05, 0.1) is 24.8 Å². The van der Waals surface area contributed by atoms with Crippen LogP contribution < -0.4 is 21.3 Å². The van der Waals surface area contributed by atoms with Crippen LogP contribution in [0.1, 0.15) is 44.8 Å². The first-order valence-electron chi connectivity index (χ1n) is 12.6. The Morgan fingerprint density at radius 3 is 2.63 bits per heavy atom. The van der Waals surface area contributed by atoms with Gasteiger partial charge in [-0.1, -0.05) is 12.1 Å². The third-order valence-corrected chi connectivity index (χ3v) is 6.94. The largest absolute Gasteiger partial charge is 0.401 e. The predicted octanol–water partition coefficient (Wildman–Crippen LogP) is 2.32. The van der Waals surface area contributed by atoms with Crippen LogP contribution in [0.2, 0.25) is 0 Å². The van der Waals surface area contributed by atoms with Crippen LogP contribution in [0.25, 0.3) is 0 Å². The van der Waals surface area contributed by atoms with Crippen molar-refractivity contribution in [3.05, 3.63) is 41.7 Å². The third-order valence-electron chi connectivity index (χ3n) is 6.94. The summed E-state index contributed by atoms with van der Waals surface area (Å²) in [7, 11) is 3.69. The zero-order valence-corrected chi connectivity index (χ0v) is 21.5. The molecule has 1 amide bonds. The Balaban J connectivity index is 1.55. The van der Waals surface area contributed by atoms with E-state index in [1.165, 1.54) is 0 Å². The molecular formula is C26H42FN5O3. The van der Waals surface area contributed by atoms with Crippen molar-refractivity contribution in [2.24, 2.45) is 5.73 Å². The van der Waals surface area contributed by atoms with Gasteiger partial charge in [-0.05, 0) is 51.4 Å². The number of anilines is 1. The Labute approximate surface area is 209 Å². The molecule has 0 bridgehead atoms. The molecule has 2 saturated heterocycles. The molecule has 2 aliphatic rings. The lowest BCUT2D eigenvalue weighted by molar-refractivity contribution is -0.118. The third kappa shape index (κ3) is 7.64. The molecule has 8 nitrogen and oxygen atoms in total. The number of amides is 1. The molecule has 196 valence electrons. The number of rotatable bonds is 11. The summed E-state index contributed by atoms with van der Waals surface area (Å²) in [5.41, 5.74) is 8.59. The highest BCUT2D eigenvalue weighted by atomic mass is 19.1. The Hall–Kier alpha value is -2.20. The number of nitrogens with one attached hydrogen (secondary N) is 2. The van der Waals surface area contributed by atoms with E-state index in [1.54, 1.807) is 18.2 Å². The van der Waals surface area contributed by atoms with Crippen molar-refractivity contribution in [1.29, 1.82) is 0 Å². The second kappa shape index (κ2) is 13.2. The molecule has 2 fully saturated rings. The van der Waals surface area contributed by atoms with Crippen LogP contribution in [0.15, 0.2) is 36.2 Å². The fourth-order valence-corrected chi connectivity index (χ4v) is 4.97.